The number of phenols is 2. The molecule has 0 radical (unpaired) electrons. The van der Waals surface area contributed by atoms with Crippen molar-refractivity contribution in [2.45, 2.75) is 24.5 Å². The first-order valence-corrected chi connectivity index (χ1v) is 9.29. The van der Waals surface area contributed by atoms with Gasteiger partial charge in [0.1, 0.15) is 30.2 Å². The highest BCUT2D eigenvalue weighted by atomic mass is 16.6. The number of hydrogen-bond donors (Lipinski definition) is 6. The molecule has 4 rings (SSSR count). The highest BCUT2D eigenvalue weighted by Gasteiger charge is 2.43. The second-order valence-corrected chi connectivity index (χ2v) is 6.87. The van der Waals surface area contributed by atoms with E-state index in [-0.39, 0.29) is 17.9 Å². The number of aromatic hydroxyl groups is 2. The summed E-state index contributed by atoms with van der Waals surface area (Å²) in [6, 6.07) is 4.06. The molecule has 1 saturated heterocycles. The molecule has 3 heterocycles. The molecule has 0 bridgehead atoms. The van der Waals surface area contributed by atoms with Crippen molar-refractivity contribution in [2.24, 2.45) is 0 Å². The lowest BCUT2D eigenvalue weighted by Gasteiger charge is -2.16. The van der Waals surface area contributed by atoms with E-state index in [0.29, 0.717) is 11.2 Å². The summed E-state index contributed by atoms with van der Waals surface area (Å²) in [5.41, 5.74) is 6.40. The summed E-state index contributed by atoms with van der Waals surface area (Å²) in [6.45, 7) is 0.0546. The van der Waals surface area contributed by atoms with Gasteiger partial charge in [0, 0.05) is 6.54 Å². The summed E-state index contributed by atoms with van der Waals surface area (Å²) in [7, 11) is 0. The molecule has 2 aromatic heterocycles. The molecule has 1 fully saturated rings. The highest BCUT2D eigenvalue weighted by molar-refractivity contribution is 5.97. The zero-order chi connectivity index (χ0) is 22.1. The van der Waals surface area contributed by atoms with Gasteiger partial charge in [-0.3, -0.25) is 9.36 Å². The number of phenolic OH excluding ortho intramolecular Hbond substituents is 2. The first kappa shape index (κ1) is 20.5. The van der Waals surface area contributed by atoms with Crippen molar-refractivity contribution in [3.05, 3.63) is 48.6 Å². The quantitative estimate of drug-likeness (QED) is 0.227. The number of rotatable bonds is 5. The van der Waals surface area contributed by atoms with Crippen LogP contribution in [0.4, 0.5) is 5.82 Å². The molecule has 0 saturated carbocycles. The number of nitrogens with one attached hydrogen (secondary N) is 1. The molecular formula is C19H20N6O6. The van der Waals surface area contributed by atoms with Crippen LogP contribution in [0.15, 0.2) is 43.0 Å². The van der Waals surface area contributed by atoms with Crippen LogP contribution < -0.4 is 11.1 Å². The minimum Gasteiger partial charge on any atom is -0.504 e. The molecule has 162 valence electrons. The number of carbonyl (C=O) groups is 1. The maximum atomic E-state index is 12.1. The van der Waals surface area contributed by atoms with Crippen LogP contribution in [0.5, 0.6) is 11.5 Å². The fraction of sp³-hybridized carbons (Fsp3) is 0.263. The van der Waals surface area contributed by atoms with Crippen molar-refractivity contribution in [2.75, 3.05) is 12.3 Å². The van der Waals surface area contributed by atoms with E-state index < -0.39 is 41.9 Å². The maximum absolute atomic E-state index is 12.1. The third-order valence-electron chi connectivity index (χ3n) is 4.90. The molecule has 31 heavy (non-hydrogen) atoms. The molecule has 4 atom stereocenters. The van der Waals surface area contributed by atoms with E-state index in [1.165, 1.54) is 47.6 Å². The summed E-state index contributed by atoms with van der Waals surface area (Å²) in [5, 5.41) is 42.5. The normalized spacial score (nSPS) is 23.5. The Balaban J connectivity index is 1.41. The Morgan fingerprint density at radius 2 is 2.03 bits per heavy atom. The van der Waals surface area contributed by atoms with Crippen LogP contribution in [-0.2, 0) is 4.74 Å². The van der Waals surface area contributed by atoms with Crippen molar-refractivity contribution < 1.29 is 30.0 Å². The van der Waals surface area contributed by atoms with Crippen LogP contribution in [0.3, 0.4) is 0 Å². The number of nitrogen functional groups attached to an aromatic ring is 1. The van der Waals surface area contributed by atoms with Crippen LogP contribution in [0.25, 0.3) is 11.2 Å². The van der Waals surface area contributed by atoms with Gasteiger partial charge in [0.25, 0.3) is 5.91 Å². The van der Waals surface area contributed by atoms with Crippen LogP contribution in [-0.4, -0.2) is 70.7 Å². The van der Waals surface area contributed by atoms with E-state index in [2.05, 4.69) is 20.3 Å². The second kappa shape index (κ2) is 8.18. The lowest BCUT2D eigenvalue weighted by atomic mass is 10.1. The Morgan fingerprint density at radius 1 is 1.23 bits per heavy atom. The van der Waals surface area contributed by atoms with Crippen molar-refractivity contribution in [3.8, 4) is 11.5 Å². The largest absolute Gasteiger partial charge is 0.504 e. The van der Waals surface area contributed by atoms with Gasteiger partial charge < -0.3 is 36.2 Å². The SMILES string of the molecule is Nc1ncnc2c1ncn2C1OC(C=CCNC(=O)c2cccc(O)c2O)C(O)[C@H]1O. The number of nitrogens with zero attached hydrogens (tertiary/aromatic N) is 4. The summed E-state index contributed by atoms with van der Waals surface area (Å²) in [5.74, 6) is -1.32. The van der Waals surface area contributed by atoms with Crippen molar-refractivity contribution >= 4 is 22.9 Å². The molecule has 0 aliphatic carbocycles. The van der Waals surface area contributed by atoms with Crippen molar-refractivity contribution in [1.29, 1.82) is 0 Å². The average Bonchev–Trinajstić information content (AvgIpc) is 3.30. The number of nitrogens with two attached hydrogens (primary N) is 1. The third-order valence-corrected chi connectivity index (χ3v) is 4.90. The summed E-state index contributed by atoms with van der Waals surface area (Å²) >= 11 is 0. The molecule has 12 nitrogen and oxygen atoms in total. The number of anilines is 1. The van der Waals surface area contributed by atoms with Gasteiger partial charge >= 0.3 is 0 Å². The minimum absolute atomic E-state index is 0.0546. The molecule has 1 aromatic carbocycles. The summed E-state index contributed by atoms with van der Waals surface area (Å²) < 4.78 is 7.21. The Hall–Kier alpha value is -3.74. The van der Waals surface area contributed by atoms with Gasteiger partial charge in [0.2, 0.25) is 0 Å². The van der Waals surface area contributed by atoms with E-state index in [4.69, 9.17) is 10.5 Å². The number of aromatic nitrogens is 4. The van der Waals surface area contributed by atoms with Crippen molar-refractivity contribution in [1.82, 2.24) is 24.8 Å². The van der Waals surface area contributed by atoms with E-state index in [0.717, 1.165) is 0 Å². The monoisotopic (exact) mass is 428 g/mol. The van der Waals surface area contributed by atoms with Gasteiger partial charge in [-0.15, -0.1) is 0 Å². The lowest BCUT2D eigenvalue weighted by Crippen LogP contribution is -2.31. The number of aliphatic hydroxyl groups is 2. The first-order chi connectivity index (χ1) is 14.9. The number of para-hydroxylation sites is 1. The topological polar surface area (TPSA) is 189 Å². The highest BCUT2D eigenvalue weighted by Crippen LogP contribution is 2.32. The van der Waals surface area contributed by atoms with Gasteiger partial charge in [-0.25, -0.2) is 15.0 Å². The number of aliphatic hydroxyl groups excluding tert-OH is 2. The summed E-state index contributed by atoms with van der Waals surface area (Å²) in [4.78, 5) is 24.2. The van der Waals surface area contributed by atoms with Gasteiger partial charge in [0.15, 0.2) is 29.2 Å². The van der Waals surface area contributed by atoms with Crippen molar-refractivity contribution in [3.63, 3.8) is 0 Å². The molecule has 12 heteroatoms. The van der Waals surface area contributed by atoms with Crippen LogP contribution in [0.2, 0.25) is 0 Å². The standard InChI is InChI=1S/C19H20N6O6/c20-16-12-17(23-7-22-16)25(8-24-12)19-15(29)14(28)11(31-19)5-2-6-21-18(30)9-3-1-4-10(26)13(9)27/h1-5,7-8,11,14-15,19,26-29H,6H2,(H,21,30)(H2,20,22,23)/t11?,14?,15-,19?/m1/s1. The number of imidazole rings is 1. The number of carbonyl (C=O) groups excluding carboxylic acids is 1. The third kappa shape index (κ3) is 3.74. The molecule has 3 aromatic rings. The smallest absolute Gasteiger partial charge is 0.255 e. The molecule has 1 aliphatic heterocycles. The number of hydrogen-bond acceptors (Lipinski definition) is 10. The molecule has 0 spiro atoms. The molecular weight excluding hydrogens is 408 g/mol. The van der Waals surface area contributed by atoms with Crippen LogP contribution in [0.1, 0.15) is 16.6 Å². The first-order valence-electron chi connectivity index (χ1n) is 9.29. The van der Waals surface area contributed by atoms with Crippen LogP contribution in [0, 0.1) is 0 Å². The fourth-order valence-electron chi connectivity index (χ4n) is 3.29. The van der Waals surface area contributed by atoms with E-state index in [9.17, 15) is 25.2 Å². The van der Waals surface area contributed by atoms with E-state index >= 15 is 0 Å². The van der Waals surface area contributed by atoms with E-state index in [1.807, 2.05) is 0 Å². The predicted octanol–water partition coefficient (Wildman–Crippen LogP) is -0.575. The maximum Gasteiger partial charge on any atom is 0.255 e. The average molecular weight is 428 g/mol. The van der Waals surface area contributed by atoms with Crippen LogP contribution >= 0.6 is 0 Å². The Morgan fingerprint density at radius 3 is 2.84 bits per heavy atom. The fourth-order valence-corrected chi connectivity index (χ4v) is 3.29. The number of ether oxygens (including phenoxy) is 1. The van der Waals surface area contributed by atoms with Gasteiger partial charge in [-0.05, 0) is 12.1 Å². The van der Waals surface area contributed by atoms with E-state index in [1.54, 1.807) is 0 Å². The van der Waals surface area contributed by atoms with Gasteiger partial charge in [-0.2, -0.15) is 0 Å². The second-order valence-electron chi connectivity index (χ2n) is 6.87. The number of benzene rings is 1. The molecule has 1 amide bonds. The number of fused-ring (bicyclic) bond motifs is 1. The Kier molecular flexibility index (Phi) is 5.42. The summed E-state index contributed by atoms with van der Waals surface area (Å²) in [6.07, 6.45) is 1.38. The zero-order valence-corrected chi connectivity index (χ0v) is 16.0. The van der Waals surface area contributed by atoms with Gasteiger partial charge in [-0.1, -0.05) is 18.2 Å². The lowest BCUT2D eigenvalue weighted by molar-refractivity contribution is -0.0245. The number of amides is 1. The zero-order valence-electron chi connectivity index (χ0n) is 16.0. The molecule has 3 unspecified atom stereocenters. The molecule has 1 aliphatic rings. The Bertz CT molecular complexity index is 1150. The Labute approximate surface area is 175 Å². The van der Waals surface area contributed by atoms with Gasteiger partial charge in [0.05, 0.1) is 11.9 Å². The predicted molar refractivity (Wildman–Crippen MR) is 107 cm³/mol. The molecule has 7 N–H and O–H groups in total. The minimum atomic E-state index is -1.26.